The summed E-state index contributed by atoms with van der Waals surface area (Å²) in [5, 5.41) is 3.32. The molecule has 0 spiro atoms. The fourth-order valence-electron chi connectivity index (χ4n) is 3.92. The van der Waals surface area contributed by atoms with Crippen LogP contribution in [0.5, 0.6) is 5.75 Å². The third kappa shape index (κ3) is 5.32. The van der Waals surface area contributed by atoms with Crippen LogP contribution < -0.4 is 10.1 Å². The number of hydrogen-bond donors (Lipinski definition) is 1. The Labute approximate surface area is 204 Å². The predicted molar refractivity (Wildman–Crippen MR) is 135 cm³/mol. The monoisotopic (exact) mass is 499 g/mol. The van der Waals surface area contributed by atoms with Crippen LogP contribution in [0.4, 0.5) is 5.13 Å². The van der Waals surface area contributed by atoms with Crippen molar-refractivity contribution in [1.82, 2.24) is 9.29 Å². The van der Waals surface area contributed by atoms with Gasteiger partial charge in [0.25, 0.3) is 5.91 Å². The molecule has 3 aromatic rings. The molecule has 1 aliphatic heterocycles. The second-order valence-electron chi connectivity index (χ2n) is 8.45. The lowest BCUT2D eigenvalue weighted by atomic mass is 10.0. The highest BCUT2D eigenvalue weighted by Gasteiger charge is 2.28. The van der Waals surface area contributed by atoms with Gasteiger partial charge in [-0.15, -0.1) is 11.3 Å². The molecule has 0 aliphatic carbocycles. The van der Waals surface area contributed by atoms with Crippen LogP contribution in [0.2, 0.25) is 0 Å². The zero-order valence-electron chi connectivity index (χ0n) is 19.6. The average molecular weight is 500 g/mol. The Balaban J connectivity index is 1.44. The second-order valence-corrected chi connectivity index (χ2v) is 11.6. The van der Waals surface area contributed by atoms with Crippen molar-refractivity contribution < 1.29 is 17.9 Å². The van der Waals surface area contributed by atoms with Gasteiger partial charge in [-0.25, -0.2) is 13.4 Å². The Hall–Kier alpha value is -2.75. The van der Waals surface area contributed by atoms with E-state index in [1.807, 2.05) is 38.1 Å². The van der Waals surface area contributed by atoms with E-state index in [0.29, 0.717) is 36.3 Å². The molecule has 2 heterocycles. The molecule has 1 aromatic heterocycles. The van der Waals surface area contributed by atoms with Gasteiger partial charge in [-0.3, -0.25) is 10.1 Å². The van der Waals surface area contributed by atoms with Crippen LogP contribution in [0.25, 0.3) is 11.3 Å². The molecular formula is C25H29N3O4S2. The number of piperidine rings is 1. The van der Waals surface area contributed by atoms with Crippen LogP contribution in [0, 0.1) is 12.8 Å². The SMILES string of the molecule is CCOc1ccc(-c2nc(NC(=O)c3ccc(S(=O)(=O)N4CCC(C)CC4)cc3)sc2C)cc1. The van der Waals surface area contributed by atoms with Gasteiger partial charge in [0, 0.05) is 29.1 Å². The van der Waals surface area contributed by atoms with E-state index < -0.39 is 10.0 Å². The lowest BCUT2D eigenvalue weighted by molar-refractivity contribution is 0.102. The standard InChI is InChI=1S/C25H29N3O4S2/c1-4-32-21-9-5-19(6-10-21)23-18(3)33-25(26-23)27-24(29)20-7-11-22(12-8-20)34(30,31)28-15-13-17(2)14-16-28/h5-12,17H,4,13-16H2,1-3H3,(H,26,27,29). The van der Waals surface area contributed by atoms with Crippen LogP contribution in [0.3, 0.4) is 0 Å². The second kappa shape index (κ2) is 10.2. The van der Waals surface area contributed by atoms with Gasteiger partial charge in [0.05, 0.1) is 17.2 Å². The van der Waals surface area contributed by atoms with Crippen molar-refractivity contribution >= 4 is 32.4 Å². The summed E-state index contributed by atoms with van der Waals surface area (Å²) in [4.78, 5) is 18.5. The number of hydrogen-bond acceptors (Lipinski definition) is 6. The van der Waals surface area contributed by atoms with E-state index in [2.05, 4.69) is 17.2 Å². The topological polar surface area (TPSA) is 88.6 Å². The molecule has 4 rings (SSSR count). The number of rotatable bonds is 7. The molecule has 9 heteroatoms. The lowest BCUT2D eigenvalue weighted by Gasteiger charge is -2.29. The zero-order chi connectivity index (χ0) is 24.3. The smallest absolute Gasteiger partial charge is 0.257 e. The number of amides is 1. The Morgan fingerprint density at radius 3 is 2.38 bits per heavy atom. The number of anilines is 1. The number of carbonyl (C=O) groups excluding carboxylic acids is 1. The van der Waals surface area contributed by atoms with E-state index in [9.17, 15) is 13.2 Å². The molecule has 1 aliphatic rings. The number of sulfonamides is 1. The van der Waals surface area contributed by atoms with Gasteiger partial charge in [0.1, 0.15) is 5.75 Å². The molecular weight excluding hydrogens is 470 g/mol. The summed E-state index contributed by atoms with van der Waals surface area (Å²) in [6.45, 7) is 7.71. The minimum absolute atomic E-state index is 0.210. The summed E-state index contributed by atoms with van der Waals surface area (Å²) >= 11 is 1.40. The first-order valence-electron chi connectivity index (χ1n) is 11.4. The van der Waals surface area contributed by atoms with Crippen molar-refractivity contribution in [2.75, 3.05) is 25.0 Å². The molecule has 1 fully saturated rings. The Bertz CT molecular complexity index is 1240. The molecule has 180 valence electrons. The summed E-state index contributed by atoms with van der Waals surface area (Å²) in [6.07, 6.45) is 1.73. The van der Waals surface area contributed by atoms with E-state index in [4.69, 9.17) is 4.74 Å². The van der Waals surface area contributed by atoms with Crippen LogP contribution in [-0.4, -0.2) is 43.3 Å². The lowest BCUT2D eigenvalue weighted by Crippen LogP contribution is -2.37. The van der Waals surface area contributed by atoms with Gasteiger partial charge in [0.2, 0.25) is 10.0 Å². The van der Waals surface area contributed by atoms with Crippen LogP contribution in [0.1, 0.15) is 41.9 Å². The van der Waals surface area contributed by atoms with Gasteiger partial charge < -0.3 is 4.74 Å². The van der Waals surface area contributed by atoms with Crippen molar-refractivity contribution in [2.24, 2.45) is 5.92 Å². The first-order valence-corrected chi connectivity index (χ1v) is 13.7. The summed E-state index contributed by atoms with van der Waals surface area (Å²) in [5.41, 5.74) is 2.13. The number of aryl methyl sites for hydroxylation is 1. The third-order valence-electron chi connectivity index (χ3n) is 5.95. The number of ether oxygens (including phenoxy) is 1. The van der Waals surface area contributed by atoms with Crippen LogP contribution in [-0.2, 0) is 10.0 Å². The Kier molecular flexibility index (Phi) is 7.35. The summed E-state index contributed by atoms with van der Waals surface area (Å²) in [6, 6.07) is 13.8. The van der Waals surface area contributed by atoms with Gasteiger partial charge >= 0.3 is 0 Å². The molecule has 1 amide bonds. The van der Waals surface area contributed by atoms with Gasteiger partial charge in [-0.2, -0.15) is 4.31 Å². The quantitative estimate of drug-likeness (QED) is 0.483. The van der Waals surface area contributed by atoms with Crippen molar-refractivity contribution in [3.8, 4) is 17.0 Å². The largest absolute Gasteiger partial charge is 0.494 e. The number of carbonyl (C=O) groups is 1. The summed E-state index contributed by atoms with van der Waals surface area (Å²) in [7, 11) is -3.54. The molecule has 1 saturated heterocycles. The van der Waals surface area contributed by atoms with Gasteiger partial charge in [-0.05, 0) is 81.1 Å². The van der Waals surface area contributed by atoms with E-state index in [1.165, 1.54) is 27.8 Å². The molecule has 7 nitrogen and oxygen atoms in total. The highest BCUT2D eigenvalue weighted by Crippen LogP contribution is 2.32. The van der Waals surface area contributed by atoms with E-state index in [0.717, 1.165) is 34.7 Å². The first-order chi connectivity index (χ1) is 16.3. The molecule has 0 bridgehead atoms. The maximum Gasteiger partial charge on any atom is 0.257 e. The fraction of sp³-hybridized carbons (Fsp3) is 0.360. The van der Waals surface area contributed by atoms with E-state index >= 15 is 0 Å². The predicted octanol–water partition coefficient (Wildman–Crippen LogP) is 5.19. The summed E-state index contributed by atoms with van der Waals surface area (Å²) in [5.74, 6) is 1.01. The normalized spacial score (nSPS) is 15.3. The first kappa shape index (κ1) is 24.4. The molecule has 0 saturated carbocycles. The zero-order valence-corrected chi connectivity index (χ0v) is 21.2. The molecule has 1 N–H and O–H groups in total. The minimum atomic E-state index is -3.54. The van der Waals surface area contributed by atoms with Crippen LogP contribution in [0.15, 0.2) is 53.4 Å². The molecule has 34 heavy (non-hydrogen) atoms. The maximum atomic E-state index is 12.9. The van der Waals surface area contributed by atoms with Crippen molar-refractivity contribution in [3.05, 3.63) is 59.0 Å². The van der Waals surface area contributed by atoms with Crippen molar-refractivity contribution in [1.29, 1.82) is 0 Å². The molecule has 0 radical (unpaired) electrons. The number of thiazole rings is 1. The van der Waals surface area contributed by atoms with Crippen molar-refractivity contribution in [3.63, 3.8) is 0 Å². The molecule has 2 aromatic carbocycles. The highest BCUT2D eigenvalue weighted by atomic mass is 32.2. The average Bonchev–Trinajstić information content (AvgIpc) is 3.20. The number of benzene rings is 2. The van der Waals surface area contributed by atoms with E-state index in [-0.39, 0.29) is 10.8 Å². The number of aromatic nitrogens is 1. The Morgan fingerprint density at radius 1 is 1.12 bits per heavy atom. The fourth-order valence-corrected chi connectivity index (χ4v) is 6.22. The molecule has 0 unspecified atom stereocenters. The molecule has 0 atom stereocenters. The van der Waals surface area contributed by atoms with E-state index in [1.54, 1.807) is 12.1 Å². The minimum Gasteiger partial charge on any atom is -0.494 e. The van der Waals surface area contributed by atoms with Crippen molar-refractivity contribution in [2.45, 2.75) is 38.5 Å². The number of nitrogens with one attached hydrogen (secondary N) is 1. The van der Waals surface area contributed by atoms with Crippen LogP contribution >= 0.6 is 11.3 Å². The third-order valence-corrected chi connectivity index (χ3v) is 8.75. The van der Waals surface area contributed by atoms with Gasteiger partial charge in [-0.1, -0.05) is 6.92 Å². The highest BCUT2D eigenvalue weighted by molar-refractivity contribution is 7.89. The van der Waals surface area contributed by atoms with Gasteiger partial charge in [0.15, 0.2) is 5.13 Å². The Morgan fingerprint density at radius 2 is 1.76 bits per heavy atom. The number of nitrogens with zero attached hydrogens (tertiary/aromatic N) is 2. The summed E-state index contributed by atoms with van der Waals surface area (Å²) < 4.78 is 32.8. The maximum absolute atomic E-state index is 12.9.